The molecule has 2 aliphatic heterocycles. The third-order valence-electron chi connectivity index (χ3n) is 3.03. The van der Waals surface area contributed by atoms with Crippen molar-refractivity contribution in [3.8, 4) is 0 Å². The molecule has 5 nitrogen and oxygen atoms in total. The summed E-state index contributed by atoms with van der Waals surface area (Å²) in [6.45, 7) is 0. The summed E-state index contributed by atoms with van der Waals surface area (Å²) in [7, 11) is 0. The Morgan fingerprint density at radius 3 is 2.82 bits per heavy atom. The maximum Gasteiger partial charge on any atom is 0.264 e. The highest BCUT2D eigenvalue weighted by molar-refractivity contribution is 5.87. The topological polar surface area (TPSA) is 56.7 Å². The number of nitrogens with zero attached hydrogens (tertiary/aromatic N) is 2. The molecule has 0 radical (unpaired) electrons. The van der Waals surface area contributed by atoms with Gasteiger partial charge in [-0.25, -0.2) is 15.2 Å². The monoisotopic (exact) mass is 234 g/mol. The molecular formula is C11H11FN4O. The maximum atomic E-state index is 12.8. The van der Waals surface area contributed by atoms with Crippen LogP contribution >= 0.6 is 0 Å². The zero-order valence-electron chi connectivity index (χ0n) is 8.93. The van der Waals surface area contributed by atoms with Gasteiger partial charge < -0.3 is 0 Å². The predicted octanol–water partition coefficient (Wildman–Crippen LogP) is 0.519. The van der Waals surface area contributed by atoms with Gasteiger partial charge in [0.1, 0.15) is 18.2 Å². The molecule has 1 aromatic rings. The smallest absolute Gasteiger partial charge is 0.264 e. The minimum absolute atomic E-state index is 0.0101. The molecule has 0 spiro atoms. The number of hydrazone groups is 1. The first kappa shape index (κ1) is 10.2. The van der Waals surface area contributed by atoms with Gasteiger partial charge in [0.05, 0.1) is 6.04 Å². The van der Waals surface area contributed by atoms with Crippen molar-refractivity contribution in [1.29, 1.82) is 0 Å². The van der Waals surface area contributed by atoms with Gasteiger partial charge in [0.2, 0.25) is 0 Å². The summed E-state index contributed by atoms with van der Waals surface area (Å²) >= 11 is 0. The number of fused-ring (bicyclic) bond motifs is 1. The number of carbonyl (C=O) groups is 1. The lowest BCUT2D eigenvalue weighted by Crippen LogP contribution is -2.48. The first-order valence-corrected chi connectivity index (χ1v) is 5.37. The van der Waals surface area contributed by atoms with E-state index in [9.17, 15) is 9.18 Å². The van der Waals surface area contributed by atoms with Crippen molar-refractivity contribution < 1.29 is 9.18 Å². The number of rotatable bonds is 1. The van der Waals surface area contributed by atoms with Crippen molar-refractivity contribution in [3.63, 3.8) is 0 Å². The van der Waals surface area contributed by atoms with Gasteiger partial charge in [-0.3, -0.25) is 9.80 Å². The van der Waals surface area contributed by atoms with Gasteiger partial charge in [0.25, 0.3) is 5.91 Å². The van der Waals surface area contributed by atoms with Crippen molar-refractivity contribution in [2.75, 3.05) is 0 Å². The Hall–Kier alpha value is -1.95. The Kier molecular flexibility index (Phi) is 2.29. The van der Waals surface area contributed by atoms with Crippen LogP contribution in [0.5, 0.6) is 0 Å². The van der Waals surface area contributed by atoms with Crippen molar-refractivity contribution >= 4 is 12.2 Å². The second-order valence-electron chi connectivity index (χ2n) is 4.11. The van der Waals surface area contributed by atoms with Crippen LogP contribution in [0.2, 0.25) is 0 Å². The molecule has 0 aliphatic carbocycles. The average Bonchev–Trinajstić information content (AvgIpc) is 2.75. The molecule has 3 rings (SSSR count). The normalized spacial score (nSPS) is 26.9. The van der Waals surface area contributed by atoms with Gasteiger partial charge in [-0.1, -0.05) is 12.1 Å². The van der Waals surface area contributed by atoms with E-state index >= 15 is 0 Å². The maximum absolute atomic E-state index is 12.8. The molecule has 1 amide bonds. The van der Waals surface area contributed by atoms with Gasteiger partial charge in [-0.15, -0.1) is 0 Å². The van der Waals surface area contributed by atoms with Gasteiger partial charge >= 0.3 is 0 Å². The molecule has 0 bridgehead atoms. The van der Waals surface area contributed by atoms with Crippen molar-refractivity contribution in [2.24, 2.45) is 5.10 Å². The van der Waals surface area contributed by atoms with Gasteiger partial charge in [0, 0.05) is 0 Å². The molecule has 2 unspecified atom stereocenters. The highest BCUT2D eigenvalue weighted by atomic mass is 19.1. The largest absolute Gasteiger partial charge is 0.283 e. The Morgan fingerprint density at radius 1 is 1.35 bits per heavy atom. The molecule has 1 fully saturated rings. The van der Waals surface area contributed by atoms with Crippen LogP contribution in [0.15, 0.2) is 29.4 Å². The lowest BCUT2D eigenvalue weighted by molar-refractivity contribution is -0.125. The van der Waals surface area contributed by atoms with Crippen molar-refractivity contribution in [2.45, 2.75) is 18.5 Å². The van der Waals surface area contributed by atoms with E-state index in [1.807, 2.05) is 0 Å². The van der Waals surface area contributed by atoms with E-state index in [0.717, 1.165) is 5.56 Å². The molecule has 0 aromatic heterocycles. The van der Waals surface area contributed by atoms with E-state index in [-0.39, 0.29) is 23.8 Å². The van der Waals surface area contributed by atoms with E-state index in [2.05, 4.69) is 16.0 Å². The van der Waals surface area contributed by atoms with E-state index < -0.39 is 0 Å². The summed E-state index contributed by atoms with van der Waals surface area (Å²) in [4.78, 5) is 11.5. The first-order valence-electron chi connectivity index (χ1n) is 5.37. The molecule has 1 aromatic carbocycles. The Morgan fingerprint density at radius 2 is 2.12 bits per heavy atom. The summed E-state index contributed by atoms with van der Waals surface area (Å²) in [5.74, 6) is -0.381. The molecule has 2 aliphatic rings. The second-order valence-corrected chi connectivity index (χ2v) is 4.11. The van der Waals surface area contributed by atoms with Crippen LogP contribution in [0, 0.1) is 5.82 Å². The van der Waals surface area contributed by atoms with Crippen LogP contribution in [0.1, 0.15) is 18.0 Å². The third-order valence-corrected chi connectivity index (χ3v) is 3.03. The predicted molar refractivity (Wildman–Crippen MR) is 59.2 cm³/mol. The van der Waals surface area contributed by atoms with Crippen molar-refractivity contribution in [1.82, 2.24) is 15.9 Å². The number of amides is 1. The van der Waals surface area contributed by atoms with Gasteiger partial charge in [0.15, 0.2) is 0 Å². The van der Waals surface area contributed by atoms with Crippen LogP contribution in [0.3, 0.4) is 0 Å². The molecule has 0 saturated carbocycles. The quantitative estimate of drug-likeness (QED) is 0.744. The van der Waals surface area contributed by atoms with Gasteiger partial charge in [-0.05, 0) is 24.1 Å². The van der Waals surface area contributed by atoms with E-state index in [1.165, 1.54) is 12.1 Å². The highest BCUT2D eigenvalue weighted by Gasteiger charge is 2.37. The molecule has 88 valence electrons. The Bertz CT molecular complexity index is 473. The van der Waals surface area contributed by atoms with Crippen LogP contribution in [-0.4, -0.2) is 23.3 Å². The van der Waals surface area contributed by atoms with Crippen LogP contribution < -0.4 is 10.9 Å². The summed E-state index contributed by atoms with van der Waals surface area (Å²) in [5, 5.41) is 5.41. The Balaban J connectivity index is 1.82. The first-order chi connectivity index (χ1) is 8.24. The number of hydrazine groups is 1. The summed E-state index contributed by atoms with van der Waals surface area (Å²) in [5.41, 5.74) is 6.54. The fourth-order valence-electron chi connectivity index (χ4n) is 2.14. The molecule has 17 heavy (non-hydrogen) atoms. The number of benzene rings is 1. The summed E-state index contributed by atoms with van der Waals surface area (Å²) in [6, 6.07) is 6.05. The molecule has 2 heterocycles. The summed E-state index contributed by atoms with van der Waals surface area (Å²) in [6.07, 6.45) is 2.19. The molecule has 6 heteroatoms. The van der Waals surface area contributed by atoms with Crippen molar-refractivity contribution in [3.05, 3.63) is 35.6 Å². The average molecular weight is 234 g/mol. The second kappa shape index (κ2) is 3.81. The number of hydrogen-bond acceptors (Lipinski definition) is 4. The fourth-order valence-corrected chi connectivity index (χ4v) is 2.14. The molecule has 2 atom stereocenters. The minimum Gasteiger partial charge on any atom is -0.283 e. The van der Waals surface area contributed by atoms with Crippen LogP contribution in [0.4, 0.5) is 4.39 Å². The SMILES string of the molecule is O=C1NN=CN2NC(c3ccc(F)cc3)CC12. The third kappa shape index (κ3) is 1.76. The fraction of sp³-hybridized carbons (Fsp3) is 0.273. The molecule has 1 saturated heterocycles. The molecule has 2 N–H and O–H groups in total. The number of carbonyl (C=O) groups excluding carboxylic acids is 1. The van der Waals surface area contributed by atoms with E-state index in [0.29, 0.717) is 6.42 Å². The van der Waals surface area contributed by atoms with Crippen LogP contribution in [0.25, 0.3) is 0 Å². The number of halogens is 1. The number of nitrogens with one attached hydrogen (secondary N) is 2. The number of hydrogen-bond donors (Lipinski definition) is 2. The molecular weight excluding hydrogens is 223 g/mol. The van der Waals surface area contributed by atoms with Gasteiger partial charge in [-0.2, -0.15) is 5.10 Å². The lowest BCUT2D eigenvalue weighted by Gasteiger charge is -2.23. The lowest BCUT2D eigenvalue weighted by atomic mass is 10.0. The highest BCUT2D eigenvalue weighted by Crippen LogP contribution is 2.27. The van der Waals surface area contributed by atoms with E-state index in [4.69, 9.17) is 0 Å². The summed E-state index contributed by atoms with van der Waals surface area (Å²) < 4.78 is 12.8. The minimum atomic E-state index is -0.260. The zero-order valence-corrected chi connectivity index (χ0v) is 8.93. The standard InChI is InChI=1S/C11H11FN4O/c12-8-3-1-7(2-4-8)9-5-10-11(17)14-13-6-16(10)15-9/h1-4,6,9-10,15H,5H2,(H,14,17). The van der Waals surface area contributed by atoms with Crippen LogP contribution in [-0.2, 0) is 4.79 Å². The van der Waals surface area contributed by atoms with E-state index in [1.54, 1.807) is 23.5 Å². The zero-order chi connectivity index (χ0) is 11.8. The Labute approximate surface area is 97.3 Å².